The van der Waals surface area contributed by atoms with E-state index in [1.807, 2.05) is 13.8 Å². The molecule has 1 atom stereocenters. The Kier molecular flexibility index (Phi) is 6.22. The Morgan fingerprint density at radius 2 is 1.93 bits per heavy atom. The number of benzene rings is 2. The molecule has 1 amide bonds. The summed E-state index contributed by atoms with van der Waals surface area (Å²) >= 11 is 0. The quantitative estimate of drug-likeness (QED) is 0.429. The molecular formula is C23H24FNO5. The van der Waals surface area contributed by atoms with Crippen LogP contribution in [-0.2, 0) is 14.3 Å². The molecule has 0 saturated carbocycles. The minimum absolute atomic E-state index is 0.0332. The number of rotatable bonds is 6. The summed E-state index contributed by atoms with van der Waals surface area (Å²) in [5.74, 6) is -2.47. The SMILES string of the molecule is Cc1cc(/C(O)=C2/C(=O)C(=O)N(CCOC(C)C)C2c2cccc(O)c2)ccc1F. The van der Waals surface area contributed by atoms with Crippen molar-refractivity contribution in [3.63, 3.8) is 0 Å². The monoisotopic (exact) mass is 413 g/mol. The zero-order valence-corrected chi connectivity index (χ0v) is 17.1. The third kappa shape index (κ3) is 4.21. The molecule has 0 aromatic heterocycles. The summed E-state index contributed by atoms with van der Waals surface area (Å²) in [5, 5.41) is 20.8. The Balaban J connectivity index is 2.12. The molecule has 0 aliphatic carbocycles. The highest BCUT2D eigenvalue weighted by Crippen LogP contribution is 2.40. The lowest BCUT2D eigenvalue weighted by Gasteiger charge is -2.25. The molecule has 0 bridgehead atoms. The van der Waals surface area contributed by atoms with Gasteiger partial charge in [-0.25, -0.2) is 4.39 Å². The van der Waals surface area contributed by atoms with Gasteiger partial charge < -0.3 is 19.8 Å². The maximum Gasteiger partial charge on any atom is 0.295 e. The second-order valence-electron chi connectivity index (χ2n) is 7.47. The van der Waals surface area contributed by atoms with Gasteiger partial charge >= 0.3 is 0 Å². The van der Waals surface area contributed by atoms with Crippen molar-refractivity contribution < 1.29 is 28.9 Å². The highest BCUT2D eigenvalue weighted by atomic mass is 19.1. The average Bonchev–Trinajstić information content (AvgIpc) is 2.94. The van der Waals surface area contributed by atoms with Gasteiger partial charge in [0.2, 0.25) is 0 Å². The maximum atomic E-state index is 13.7. The fourth-order valence-electron chi connectivity index (χ4n) is 3.49. The highest BCUT2D eigenvalue weighted by molar-refractivity contribution is 6.46. The van der Waals surface area contributed by atoms with Gasteiger partial charge in [-0.15, -0.1) is 0 Å². The van der Waals surface area contributed by atoms with Gasteiger partial charge in [-0.05, 0) is 62.2 Å². The van der Waals surface area contributed by atoms with Crippen LogP contribution < -0.4 is 0 Å². The number of aromatic hydroxyl groups is 1. The van der Waals surface area contributed by atoms with Crippen LogP contribution in [0.15, 0.2) is 48.0 Å². The molecule has 2 N–H and O–H groups in total. The summed E-state index contributed by atoms with van der Waals surface area (Å²) in [7, 11) is 0. The molecule has 158 valence electrons. The number of aliphatic hydroxyl groups excluding tert-OH is 1. The van der Waals surface area contributed by atoms with Crippen LogP contribution >= 0.6 is 0 Å². The van der Waals surface area contributed by atoms with E-state index in [-0.39, 0.29) is 36.1 Å². The lowest BCUT2D eigenvalue weighted by molar-refractivity contribution is -0.140. The number of halogens is 1. The predicted molar refractivity (Wildman–Crippen MR) is 109 cm³/mol. The Bertz CT molecular complexity index is 1010. The second kappa shape index (κ2) is 8.67. The first kappa shape index (κ1) is 21.5. The summed E-state index contributed by atoms with van der Waals surface area (Å²) in [6, 6.07) is 9.23. The molecule has 7 heteroatoms. The molecule has 1 saturated heterocycles. The van der Waals surface area contributed by atoms with E-state index in [0.29, 0.717) is 11.1 Å². The van der Waals surface area contributed by atoms with Crippen LogP contribution in [0.2, 0.25) is 0 Å². The Morgan fingerprint density at radius 1 is 1.20 bits per heavy atom. The molecule has 1 heterocycles. The molecule has 2 aromatic rings. The van der Waals surface area contributed by atoms with Crippen LogP contribution in [-0.4, -0.2) is 46.1 Å². The first-order valence-electron chi connectivity index (χ1n) is 9.66. The van der Waals surface area contributed by atoms with Crippen molar-refractivity contribution in [2.45, 2.75) is 32.9 Å². The van der Waals surface area contributed by atoms with Crippen LogP contribution in [0.5, 0.6) is 5.75 Å². The van der Waals surface area contributed by atoms with Crippen LogP contribution in [0.1, 0.15) is 36.6 Å². The number of hydrogen-bond donors (Lipinski definition) is 2. The minimum atomic E-state index is -0.904. The largest absolute Gasteiger partial charge is 0.508 e. The van der Waals surface area contributed by atoms with Crippen molar-refractivity contribution >= 4 is 17.4 Å². The zero-order valence-electron chi connectivity index (χ0n) is 17.1. The molecule has 6 nitrogen and oxygen atoms in total. The average molecular weight is 413 g/mol. The maximum absolute atomic E-state index is 13.7. The molecule has 1 aliphatic rings. The van der Waals surface area contributed by atoms with Crippen LogP contribution in [0.3, 0.4) is 0 Å². The summed E-state index contributed by atoms with van der Waals surface area (Å²) in [6.45, 7) is 5.59. The number of phenolic OH excluding ortho intramolecular Hbond substituents is 1. The molecule has 2 aromatic carbocycles. The summed E-state index contributed by atoms with van der Waals surface area (Å²) in [6.07, 6.45) is -0.0526. The van der Waals surface area contributed by atoms with Crippen molar-refractivity contribution in [1.29, 1.82) is 0 Å². The number of likely N-dealkylation sites (tertiary alicyclic amines) is 1. The van der Waals surface area contributed by atoms with E-state index >= 15 is 0 Å². The third-order valence-electron chi connectivity index (χ3n) is 4.94. The molecule has 30 heavy (non-hydrogen) atoms. The number of ether oxygens (including phenoxy) is 1. The Morgan fingerprint density at radius 3 is 2.57 bits per heavy atom. The molecular weight excluding hydrogens is 389 g/mol. The number of phenols is 1. The van der Waals surface area contributed by atoms with Crippen LogP contribution in [0.4, 0.5) is 4.39 Å². The normalized spacial score (nSPS) is 18.4. The van der Waals surface area contributed by atoms with Gasteiger partial charge in [0, 0.05) is 12.1 Å². The number of carbonyl (C=O) groups excluding carboxylic acids is 2. The summed E-state index contributed by atoms with van der Waals surface area (Å²) in [5.41, 5.74) is 0.892. The topological polar surface area (TPSA) is 87.1 Å². The number of ketones is 1. The van der Waals surface area contributed by atoms with E-state index < -0.39 is 29.3 Å². The van der Waals surface area contributed by atoms with Crippen molar-refractivity contribution in [2.75, 3.05) is 13.2 Å². The molecule has 1 unspecified atom stereocenters. The van der Waals surface area contributed by atoms with E-state index in [1.165, 1.54) is 35.2 Å². The van der Waals surface area contributed by atoms with Crippen molar-refractivity contribution in [2.24, 2.45) is 0 Å². The Labute approximate surface area is 174 Å². The first-order valence-corrected chi connectivity index (χ1v) is 9.66. The van der Waals surface area contributed by atoms with Gasteiger partial charge in [0.25, 0.3) is 11.7 Å². The number of hydrogen-bond acceptors (Lipinski definition) is 5. The van der Waals surface area contributed by atoms with Gasteiger partial charge in [-0.1, -0.05) is 12.1 Å². The molecule has 1 aliphatic heterocycles. The van der Waals surface area contributed by atoms with Crippen molar-refractivity contribution in [1.82, 2.24) is 4.90 Å². The molecule has 3 rings (SSSR count). The standard InChI is InChI=1S/C23H24FNO5/c1-13(2)30-10-9-25-20(15-5-4-6-17(26)12-15)19(22(28)23(25)29)21(27)16-7-8-18(24)14(3)11-16/h4-8,11-13,20,26-27H,9-10H2,1-3H3/b21-19-. The number of nitrogens with zero attached hydrogens (tertiary/aromatic N) is 1. The smallest absolute Gasteiger partial charge is 0.295 e. The summed E-state index contributed by atoms with van der Waals surface area (Å²) < 4.78 is 19.2. The van der Waals surface area contributed by atoms with Gasteiger partial charge in [-0.2, -0.15) is 0 Å². The molecule has 0 spiro atoms. The van der Waals surface area contributed by atoms with Gasteiger partial charge in [0.05, 0.1) is 24.3 Å². The first-order chi connectivity index (χ1) is 14.2. The van der Waals surface area contributed by atoms with Crippen molar-refractivity contribution in [3.8, 4) is 5.75 Å². The number of aryl methyl sites for hydroxylation is 1. The van der Waals surface area contributed by atoms with Crippen LogP contribution in [0, 0.1) is 12.7 Å². The van der Waals surface area contributed by atoms with E-state index in [1.54, 1.807) is 19.1 Å². The van der Waals surface area contributed by atoms with Gasteiger partial charge in [-0.3, -0.25) is 9.59 Å². The minimum Gasteiger partial charge on any atom is -0.508 e. The highest BCUT2D eigenvalue weighted by Gasteiger charge is 2.46. The molecule has 0 radical (unpaired) electrons. The number of amides is 1. The second-order valence-corrected chi connectivity index (χ2v) is 7.47. The van der Waals surface area contributed by atoms with E-state index in [4.69, 9.17) is 4.74 Å². The lowest BCUT2D eigenvalue weighted by atomic mass is 9.94. The number of Topliss-reactive ketones (excluding diaryl/α,β-unsaturated/α-hetero) is 1. The van der Waals surface area contributed by atoms with Crippen LogP contribution in [0.25, 0.3) is 5.76 Å². The van der Waals surface area contributed by atoms with E-state index in [0.717, 1.165) is 0 Å². The number of aliphatic hydroxyl groups is 1. The third-order valence-corrected chi connectivity index (χ3v) is 4.94. The van der Waals surface area contributed by atoms with E-state index in [9.17, 15) is 24.2 Å². The Hall–Kier alpha value is -3.19. The van der Waals surface area contributed by atoms with Gasteiger partial charge in [0.1, 0.15) is 17.3 Å². The van der Waals surface area contributed by atoms with Gasteiger partial charge in [0.15, 0.2) is 0 Å². The predicted octanol–water partition coefficient (Wildman–Crippen LogP) is 3.69. The fourth-order valence-corrected chi connectivity index (χ4v) is 3.49. The van der Waals surface area contributed by atoms with E-state index in [2.05, 4.69) is 0 Å². The zero-order chi connectivity index (χ0) is 22.0. The van der Waals surface area contributed by atoms with Crippen molar-refractivity contribution in [3.05, 3.63) is 70.5 Å². The molecule has 1 fully saturated rings. The summed E-state index contributed by atoms with van der Waals surface area (Å²) in [4.78, 5) is 27.0. The lowest BCUT2D eigenvalue weighted by Crippen LogP contribution is -2.33. The fraction of sp³-hybridized carbons (Fsp3) is 0.304. The number of carbonyl (C=O) groups is 2.